The molecule has 0 saturated carbocycles. The molecule has 0 aromatic heterocycles. The van der Waals surface area contributed by atoms with Crippen LogP contribution < -0.4 is 0 Å². The third-order valence-corrected chi connectivity index (χ3v) is 2.83. The zero-order valence-corrected chi connectivity index (χ0v) is 9.26. The van der Waals surface area contributed by atoms with Crippen molar-refractivity contribution in [3.8, 4) is 0 Å². The molecule has 2 heteroatoms. The molecule has 1 rings (SSSR count). The van der Waals surface area contributed by atoms with E-state index in [0.717, 1.165) is 19.3 Å². The van der Waals surface area contributed by atoms with Crippen molar-refractivity contribution in [3.63, 3.8) is 0 Å². The minimum atomic E-state index is 0.0196. The van der Waals surface area contributed by atoms with E-state index in [1.807, 2.05) is 0 Å². The Morgan fingerprint density at radius 3 is 2.93 bits per heavy atom. The molecule has 0 radical (unpaired) electrons. The number of cyclic esters (lactones) is 1. The number of carbonyl (C=O) groups excluding carboxylic acids is 1. The van der Waals surface area contributed by atoms with Crippen molar-refractivity contribution in [2.24, 2.45) is 0 Å². The Morgan fingerprint density at radius 1 is 1.29 bits per heavy atom. The SMILES string of the molecule is CCCCCC1CCCCCC(=O)O1. The van der Waals surface area contributed by atoms with Gasteiger partial charge in [0.25, 0.3) is 0 Å². The summed E-state index contributed by atoms with van der Waals surface area (Å²) in [5, 5.41) is 0. The van der Waals surface area contributed by atoms with Gasteiger partial charge in [-0.2, -0.15) is 0 Å². The van der Waals surface area contributed by atoms with E-state index < -0.39 is 0 Å². The van der Waals surface area contributed by atoms with Gasteiger partial charge in [-0.25, -0.2) is 0 Å². The lowest BCUT2D eigenvalue weighted by Crippen LogP contribution is -2.20. The Balaban J connectivity index is 2.22. The molecule has 1 saturated heterocycles. The molecule has 1 unspecified atom stereocenters. The number of rotatable bonds is 4. The largest absolute Gasteiger partial charge is 0.462 e. The molecule has 1 aliphatic heterocycles. The third kappa shape index (κ3) is 4.64. The van der Waals surface area contributed by atoms with E-state index in [-0.39, 0.29) is 12.1 Å². The molecule has 0 bridgehead atoms. The number of ether oxygens (including phenoxy) is 1. The third-order valence-electron chi connectivity index (χ3n) is 2.83. The highest BCUT2D eigenvalue weighted by Gasteiger charge is 2.16. The van der Waals surface area contributed by atoms with Crippen LogP contribution in [0, 0.1) is 0 Å². The molecule has 1 fully saturated rings. The maximum Gasteiger partial charge on any atom is 0.306 e. The minimum absolute atomic E-state index is 0.0196. The van der Waals surface area contributed by atoms with Crippen molar-refractivity contribution in [1.29, 1.82) is 0 Å². The van der Waals surface area contributed by atoms with Crippen LogP contribution in [0.15, 0.2) is 0 Å². The van der Waals surface area contributed by atoms with Crippen LogP contribution in [-0.4, -0.2) is 12.1 Å². The normalized spacial score (nSPS) is 23.8. The van der Waals surface area contributed by atoms with Crippen molar-refractivity contribution in [2.45, 2.75) is 70.8 Å². The average Bonchev–Trinajstić information content (AvgIpc) is 2.13. The van der Waals surface area contributed by atoms with Crippen LogP contribution in [0.5, 0.6) is 0 Å². The van der Waals surface area contributed by atoms with Crippen LogP contribution in [0.25, 0.3) is 0 Å². The van der Waals surface area contributed by atoms with Crippen LogP contribution in [0.2, 0.25) is 0 Å². The van der Waals surface area contributed by atoms with Gasteiger partial charge in [0.1, 0.15) is 6.10 Å². The van der Waals surface area contributed by atoms with Gasteiger partial charge in [-0.3, -0.25) is 4.79 Å². The van der Waals surface area contributed by atoms with Crippen LogP contribution in [0.3, 0.4) is 0 Å². The van der Waals surface area contributed by atoms with E-state index in [1.165, 1.54) is 32.1 Å². The van der Waals surface area contributed by atoms with Crippen LogP contribution in [0.1, 0.15) is 64.7 Å². The van der Waals surface area contributed by atoms with Crippen molar-refractivity contribution in [1.82, 2.24) is 0 Å². The number of esters is 1. The highest BCUT2D eigenvalue weighted by Crippen LogP contribution is 2.18. The predicted molar refractivity (Wildman–Crippen MR) is 57.1 cm³/mol. The highest BCUT2D eigenvalue weighted by molar-refractivity contribution is 5.69. The molecule has 0 aliphatic carbocycles. The fourth-order valence-corrected chi connectivity index (χ4v) is 1.95. The second kappa shape index (κ2) is 6.86. The molecule has 0 amide bonds. The Morgan fingerprint density at radius 2 is 2.14 bits per heavy atom. The summed E-state index contributed by atoms with van der Waals surface area (Å²) in [6, 6.07) is 0. The fourth-order valence-electron chi connectivity index (χ4n) is 1.95. The molecular weight excluding hydrogens is 176 g/mol. The maximum absolute atomic E-state index is 11.3. The van der Waals surface area contributed by atoms with Gasteiger partial charge in [0.15, 0.2) is 0 Å². The first-order chi connectivity index (χ1) is 6.83. The van der Waals surface area contributed by atoms with Gasteiger partial charge >= 0.3 is 5.97 Å². The van der Waals surface area contributed by atoms with Gasteiger partial charge in [0.05, 0.1) is 0 Å². The molecule has 0 N–H and O–H groups in total. The lowest BCUT2D eigenvalue weighted by atomic mass is 10.0. The molecule has 0 aromatic carbocycles. The first-order valence-corrected chi connectivity index (χ1v) is 6.02. The monoisotopic (exact) mass is 198 g/mol. The molecule has 1 atom stereocenters. The zero-order valence-electron chi connectivity index (χ0n) is 9.26. The number of hydrogen-bond acceptors (Lipinski definition) is 2. The smallest absolute Gasteiger partial charge is 0.306 e. The van der Waals surface area contributed by atoms with E-state index >= 15 is 0 Å². The lowest BCUT2D eigenvalue weighted by molar-refractivity contribution is -0.150. The van der Waals surface area contributed by atoms with Crippen LogP contribution >= 0.6 is 0 Å². The van der Waals surface area contributed by atoms with Crippen LogP contribution in [-0.2, 0) is 9.53 Å². The minimum Gasteiger partial charge on any atom is -0.462 e. The summed E-state index contributed by atoms with van der Waals surface area (Å²) < 4.78 is 5.40. The van der Waals surface area contributed by atoms with Gasteiger partial charge in [0, 0.05) is 6.42 Å². The lowest BCUT2D eigenvalue weighted by Gasteiger charge is -2.20. The fraction of sp³-hybridized carbons (Fsp3) is 0.917. The van der Waals surface area contributed by atoms with E-state index in [2.05, 4.69) is 6.92 Å². The zero-order chi connectivity index (χ0) is 10.2. The number of unbranched alkanes of at least 4 members (excludes halogenated alkanes) is 2. The van der Waals surface area contributed by atoms with Gasteiger partial charge < -0.3 is 4.74 Å². The van der Waals surface area contributed by atoms with Crippen molar-refractivity contribution in [2.75, 3.05) is 0 Å². The summed E-state index contributed by atoms with van der Waals surface area (Å²) in [7, 11) is 0. The molecule has 0 spiro atoms. The number of hydrogen-bond donors (Lipinski definition) is 0. The molecule has 2 nitrogen and oxygen atoms in total. The molecule has 1 aliphatic rings. The maximum atomic E-state index is 11.3. The Bertz CT molecular complexity index is 166. The van der Waals surface area contributed by atoms with Gasteiger partial charge in [-0.15, -0.1) is 0 Å². The van der Waals surface area contributed by atoms with E-state index in [0.29, 0.717) is 6.42 Å². The Hall–Kier alpha value is -0.530. The molecule has 0 aromatic rings. The van der Waals surface area contributed by atoms with Crippen molar-refractivity contribution in [3.05, 3.63) is 0 Å². The Kier molecular flexibility index (Phi) is 5.65. The number of carbonyl (C=O) groups is 1. The summed E-state index contributed by atoms with van der Waals surface area (Å²) in [6.07, 6.45) is 10.1. The molecular formula is C12H22O2. The van der Waals surface area contributed by atoms with Gasteiger partial charge in [0.2, 0.25) is 0 Å². The summed E-state index contributed by atoms with van der Waals surface area (Å²) >= 11 is 0. The first kappa shape index (κ1) is 11.5. The highest BCUT2D eigenvalue weighted by atomic mass is 16.5. The first-order valence-electron chi connectivity index (χ1n) is 6.02. The predicted octanol–water partition coefficient (Wildman–Crippen LogP) is 3.44. The topological polar surface area (TPSA) is 26.3 Å². The average molecular weight is 198 g/mol. The van der Waals surface area contributed by atoms with Gasteiger partial charge in [-0.1, -0.05) is 26.2 Å². The summed E-state index contributed by atoms with van der Waals surface area (Å²) in [5.41, 5.74) is 0. The van der Waals surface area contributed by atoms with E-state index in [1.54, 1.807) is 0 Å². The summed E-state index contributed by atoms with van der Waals surface area (Å²) in [5.74, 6) is 0.0196. The molecule has 14 heavy (non-hydrogen) atoms. The van der Waals surface area contributed by atoms with Crippen molar-refractivity contribution < 1.29 is 9.53 Å². The van der Waals surface area contributed by atoms with Crippen LogP contribution in [0.4, 0.5) is 0 Å². The van der Waals surface area contributed by atoms with E-state index in [4.69, 9.17) is 4.74 Å². The Labute approximate surface area is 87.0 Å². The van der Waals surface area contributed by atoms with E-state index in [9.17, 15) is 4.79 Å². The summed E-state index contributed by atoms with van der Waals surface area (Å²) in [4.78, 5) is 11.3. The quantitative estimate of drug-likeness (QED) is 0.511. The molecule has 1 heterocycles. The van der Waals surface area contributed by atoms with Crippen molar-refractivity contribution >= 4 is 5.97 Å². The molecule has 82 valence electrons. The summed E-state index contributed by atoms with van der Waals surface area (Å²) in [6.45, 7) is 2.20. The second-order valence-corrected chi connectivity index (χ2v) is 4.21. The standard InChI is InChI=1S/C12H22O2/c1-2-3-5-8-11-9-6-4-7-10-12(13)14-11/h11H,2-10H2,1H3. The second-order valence-electron chi connectivity index (χ2n) is 4.21. The van der Waals surface area contributed by atoms with Gasteiger partial charge in [-0.05, 0) is 32.1 Å².